The highest BCUT2D eigenvalue weighted by molar-refractivity contribution is 7.09. The van der Waals surface area contributed by atoms with Crippen molar-refractivity contribution in [2.75, 3.05) is 0 Å². The van der Waals surface area contributed by atoms with Crippen molar-refractivity contribution in [3.05, 3.63) is 15.4 Å². The molecule has 1 rings (SSSR count). The topological polar surface area (TPSA) is 43.3 Å². The van der Waals surface area contributed by atoms with E-state index in [0.29, 0.717) is 0 Å². The highest BCUT2D eigenvalue weighted by Crippen LogP contribution is 2.08. The molecule has 1 aromatic heterocycles. The predicted molar refractivity (Wildman–Crippen MR) is 47.2 cm³/mol. The van der Waals surface area contributed by atoms with Crippen molar-refractivity contribution >= 4 is 11.3 Å². The summed E-state index contributed by atoms with van der Waals surface area (Å²) < 4.78 is 2.11. The largest absolute Gasteiger partial charge is 0.320 e. The first kappa shape index (κ1) is 8.33. The van der Waals surface area contributed by atoms with E-state index in [9.17, 15) is 0 Å². The van der Waals surface area contributed by atoms with E-state index < -0.39 is 0 Å². The predicted octanol–water partition coefficient (Wildman–Crippen LogP) is 0.961. The molecule has 0 aliphatic rings. The number of thiazole rings is 1. The number of nitrogens with two attached hydrogens (primary N) is 1. The van der Waals surface area contributed by atoms with Crippen LogP contribution in [-0.4, -0.2) is 4.57 Å². The van der Waals surface area contributed by atoms with Crippen LogP contribution in [0.15, 0.2) is 5.10 Å². The molecule has 0 fully saturated rings. The van der Waals surface area contributed by atoms with Gasteiger partial charge in [0.2, 0.25) is 4.80 Å². The van der Waals surface area contributed by atoms with Crippen molar-refractivity contribution in [2.24, 2.45) is 10.9 Å². The molecular formula is C7H13N3S. The molecule has 0 aliphatic carbocycles. The van der Waals surface area contributed by atoms with Gasteiger partial charge in [-0.15, -0.1) is 11.3 Å². The molecule has 1 heterocycles. The van der Waals surface area contributed by atoms with Crippen LogP contribution in [0.4, 0.5) is 0 Å². The quantitative estimate of drug-likeness (QED) is 0.496. The molecule has 0 spiro atoms. The van der Waals surface area contributed by atoms with Crippen molar-refractivity contribution in [3.8, 4) is 0 Å². The van der Waals surface area contributed by atoms with Gasteiger partial charge < -0.3 is 10.4 Å². The van der Waals surface area contributed by atoms with E-state index in [-0.39, 0.29) is 0 Å². The van der Waals surface area contributed by atoms with E-state index in [4.69, 9.17) is 5.84 Å². The maximum absolute atomic E-state index is 5.22. The summed E-state index contributed by atoms with van der Waals surface area (Å²) in [6, 6.07) is 0. The minimum absolute atomic E-state index is 0.905. The van der Waals surface area contributed by atoms with Crippen LogP contribution in [-0.2, 0) is 6.54 Å². The lowest BCUT2D eigenvalue weighted by atomic mass is 10.4. The second kappa shape index (κ2) is 3.09. The van der Waals surface area contributed by atoms with E-state index in [2.05, 4.69) is 30.4 Å². The third-order valence-electron chi connectivity index (χ3n) is 1.82. The monoisotopic (exact) mass is 171 g/mol. The summed E-state index contributed by atoms with van der Waals surface area (Å²) in [4.78, 5) is 2.19. The summed E-state index contributed by atoms with van der Waals surface area (Å²) in [5.74, 6) is 5.22. The Balaban J connectivity index is 3.39. The zero-order valence-corrected chi connectivity index (χ0v) is 7.90. The molecule has 0 aliphatic heterocycles. The maximum atomic E-state index is 5.22. The van der Waals surface area contributed by atoms with Crippen molar-refractivity contribution in [3.63, 3.8) is 0 Å². The van der Waals surface area contributed by atoms with Gasteiger partial charge in [0.1, 0.15) is 0 Å². The Morgan fingerprint density at radius 1 is 1.55 bits per heavy atom. The third-order valence-corrected chi connectivity index (χ3v) is 2.93. The maximum Gasteiger partial charge on any atom is 0.207 e. The number of hydrogen-bond acceptors (Lipinski definition) is 3. The van der Waals surface area contributed by atoms with E-state index >= 15 is 0 Å². The first-order valence-corrected chi connectivity index (χ1v) is 4.43. The molecule has 62 valence electrons. The van der Waals surface area contributed by atoms with Gasteiger partial charge in [0, 0.05) is 17.1 Å². The average molecular weight is 171 g/mol. The number of rotatable bonds is 1. The zero-order chi connectivity index (χ0) is 8.43. The first-order valence-electron chi connectivity index (χ1n) is 3.61. The van der Waals surface area contributed by atoms with Gasteiger partial charge in [-0.3, -0.25) is 0 Å². The van der Waals surface area contributed by atoms with Crippen molar-refractivity contribution in [2.45, 2.75) is 27.3 Å². The van der Waals surface area contributed by atoms with Crippen molar-refractivity contribution in [1.82, 2.24) is 4.57 Å². The number of nitrogens with zero attached hydrogens (tertiary/aromatic N) is 2. The molecule has 0 aromatic carbocycles. The Kier molecular flexibility index (Phi) is 2.34. The molecule has 3 nitrogen and oxygen atoms in total. The van der Waals surface area contributed by atoms with Gasteiger partial charge >= 0.3 is 0 Å². The minimum atomic E-state index is 0.905. The van der Waals surface area contributed by atoms with Crippen LogP contribution in [0.5, 0.6) is 0 Å². The van der Waals surface area contributed by atoms with Crippen LogP contribution in [0.2, 0.25) is 0 Å². The fourth-order valence-corrected chi connectivity index (χ4v) is 2.03. The van der Waals surface area contributed by atoms with Crippen LogP contribution in [0, 0.1) is 13.8 Å². The molecule has 0 saturated carbocycles. The van der Waals surface area contributed by atoms with Gasteiger partial charge in [-0.2, -0.15) is 5.10 Å². The normalized spacial score (nSPS) is 12.5. The second-order valence-electron chi connectivity index (χ2n) is 2.40. The van der Waals surface area contributed by atoms with Gasteiger partial charge in [0.05, 0.1) is 0 Å². The Morgan fingerprint density at radius 3 is 2.55 bits per heavy atom. The Hall–Kier alpha value is -0.770. The number of aromatic nitrogens is 1. The number of hydrogen-bond donors (Lipinski definition) is 1. The standard InChI is InChI=1S/C7H13N3S/c1-4-10-5(2)6(3)11-7(10)9-8/h4,8H2,1-3H3. The fourth-order valence-electron chi connectivity index (χ4n) is 1.07. The smallest absolute Gasteiger partial charge is 0.207 e. The van der Waals surface area contributed by atoms with E-state index in [0.717, 1.165) is 11.3 Å². The third kappa shape index (κ3) is 1.30. The molecule has 1 aromatic rings. The average Bonchev–Trinajstić information content (AvgIpc) is 2.28. The molecule has 4 heteroatoms. The second-order valence-corrected chi connectivity index (χ2v) is 3.58. The molecule has 0 bridgehead atoms. The summed E-state index contributed by atoms with van der Waals surface area (Å²) >= 11 is 1.64. The highest BCUT2D eigenvalue weighted by atomic mass is 32.1. The van der Waals surface area contributed by atoms with Crippen molar-refractivity contribution in [1.29, 1.82) is 0 Å². The first-order chi connectivity index (χ1) is 5.20. The molecule has 2 N–H and O–H groups in total. The van der Waals surface area contributed by atoms with Crippen LogP contribution in [0.1, 0.15) is 17.5 Å². The van der Waals surface area contributed by atoms with Gasteiger partial charge in [0.15, 0.2) is 0 Å². The highest BCUT2D eigenvalue weighted by Gasteiger charge is 2.02. The number of aryl methyl sites for hydroxylation is 1. The van der Waals surface area contributed by atoms with Crippen LogP contribution >= 0.6 is 11.3 Å². The minimum Gasteiger partial charge on any atom is -0.320 e. The molecule has 11 heavy (non-hydrogen) atoms. The zero-order valence-electron chi connectivity index (χ0n) is 7.09. The Morgan fingerprint density at radius 2 is 2.18 bits per heavy atom. The fraction of sp³-hybridized carbons (Fsp3) is 0.571. The van der Waals surface area contributed by atoms with Crippen LogP contribution in [0.3, 0.4) is 0 Å². The van der Waals surface area contributed by atoms with Crippen LogP contribution in [0.25, 0.3) is 0 Å². The molecular weight excluding hydrogens is 158 g/mol. The lowest BCUT2D eigenvalue weighted by molar-refractivity contribution is 0.702. The molecule has 0 saturated heterocycles. The summed E-state index contributed by atoms with van der Waals surface area (Å²) in [6.07, 6.45) is 0. The molecule has 0 unspecified atom stereocenters. The summed E-state index contributed by atoms with van der Waals surface area (Å²) in [5.41, 5.74) is 1.27. The SMILES string of the molecule is CCn1c(C)c(C)sc1=NN. The van der Waals surface area contributed by atoms with Gasteiger partial charge in [0.25, 0.3) is 0 Å². The van der Waals surface area contributed by atoms with Gasteiger partial charge in [-0.05, 0) is 20.8 Å². The van der Waals surface area contributed by atoms with Gasteiger partial charge in [-0.25, -0.2) is 0 Å². The lowest BCUT2D eigenvalue weighted by Crippen LogP contribution is -2.16. The Bertz CT molecular complexity index is 308. The summed E-state index contributed by atoms with van der Waals surface area (Å²) in [6.45, 7) is 7.20. The van der Waals surface area contributed by atoms with Gasteiger partial charge in [-0.1, -0.05) is 0 Å². The lowest BCUT2D eigenvalue weighted by Gasteiger charge is -1.99. The Labute approximate surface area is 70.2 Å². The van der Waals surface area contributed by atoms with E-state index in [1.54, 1.807) is 11.3 Å². The van der Waals surface area contributed by atoms with E-state index in [1.807, 2.05) is 0 Å². The molecule has 0 radical (unpaired) electrons. The summed E-state index contributed by atoms with van der Waals surface area (Å²) in [5, 5.41) is 3.70. The molecule has 0 atom stereocenters. The summed E-state index contributed by atoms with van der Waals surface area (Å²) in [7, 11) is 0. The van der Waals surface area contributed by atoms with Crippen LogP contribution < -0.4 is 10.6 Å². The molecule has 0 amide bonds. The van der Waals surface area contributed by atoms with Crippen molar-refractivity contribution < 1.29 is 0 Å². The van der Waals surface area contributed by atoms with E-state index in [1.165, 1.54) is 10.6 Å².